The molecule has 0 radical (unpaired) electrons. The lowest BCUT2D eigenvalue weighted by Crippen LogP contribution is -2.17. The summed E-state index contributed by atoms with van der Waals surface area (Å²) in [5.74, 6) is -1.84. The number of carbonyl (C=O) groups excluding carboxylic acids is 2. The highest BCUT2D eigenvalue weighted by Crippen LogP contribution is 2.65. The second-order valence-corrected chi connectivity index (χ2v) is 10.8. The van der Waals surface area contributed by atoms with Gasteiger partial charge in [-0.15, -0.1) is 23.2 Å². The summed E-state index contributed by atoms with van der Waals surface area (Å²) in [7, 11) is 0. The van der Waals surface area contributed by atoms with Gasteiger partial charge in [0.05, 0.1) is 10.9 Å². The molecule has 2 atom stereocenters. The van der Waals surface area contributed by atoms with Crippen molar-refractivity contribution < 1.29 is 9.59 Å². The number of benzene rings is 3. The summed E-state index contributed by atoms with van der Waals surface area (Å²) >= 11 is 37.4. The molecule has 9 heteroatoms. The molecule has 170 valence electrons. The molecule has 3 aromatic rings. The van der Waals surface area contributed by atoms with Gasteiger partial charge in [-0.2, -0.15) is 0 Å². The normalized spacial score (nSPS) is 18.6. The number of anilines is 1. The number of amides is 1. The zero-order chi connectivity index (χ0) is 23.9. The van der Waals surface area contributed by atoms with Crippen LogP contribution in [-0.2, 0) is 11.2 Å². The van der Waals surface area contributed by atoms with Crippen LogP contribution in [0.1, 0.15) is 27.4 Å². The minimum absolute atomic E-state index is 0.0729. The van der Waals surface area contributed by atoms with Crippen LogP contribution in [0.3, 0.4) is 0 Å². The number of nitrogens with one attached hydrogen (secondary N) is 1. The molecule has 1 saturated carbocycles. The quantitative estimate of drug-likeness (QED) is 0.243. The molecule has 1 aliphatic rings. The van der Waals surface area contributed by atoms with E-state index in [1.807, 2.05) is 0 Å². The summed E-state index contributed by atoms with van der Waals surface area (Å²) in [6, 6.07) is 16.7. The lowest BCUT2D eigenvalue weighted by Gasteiger charge is -2.10. The summed E-state index contributed by atoms with van der Waals surface area (Å²) in [5.41, 5.74) is 2.02. The van der Waals surface area contributed by atoms with Gasteiger partial charge in [-0.1, -0.05) is 64.6 Å². The zero-order valence-electron chi connectivity index (χ0n) is 16.7. The lowest BCUT2D eigenvalue weighted by atomic mass is 10.0. The van der Waals surface area contributed by atoms with Crippen LogP contribution in [0.4, 0.5) is 5.69 Å². The van der Waals surface area contributed by atoms with Crippen molar-refractivity contribution in [3.05, 3.63) is 97.4 Å². The molecular weight excluding hydrogens is 547 g/mol. The van der Waals surface area contributed by atoms with Gasteiger partial charge < -0.3 is 5.32 Å². The molecule has 2 unspecified atom stereocenters. The Morgan fingerprint density at radius 1 is 0.848 bits per heavy atom. The lowest BCUT2D eigenvalue weighted by molar-refractivity contribution is -0.117. The van der Waals surface area contributed by atoms with Gasteiger partial charge in [0, 0.05) is 38.7 Å². The molecule has 0 heterocycles. The zero-order valence-corrected chi connectivity index (χ0v) is 21.3. The minimum Gasteiger partial charge on any atom is -0.326 e. The topological polar surface area (TPSA) is 46.2 Å². The van der Waals surface area contributed by atoms with Crippen molar-refractivity contribution in [2.75, 3.05) is 5.32 Å². The van der Waals surface area contributed by atoms with Gasteiger partial charge in [-0.25, -0.2) is 0 Å². The highest BCUT2D eigenvalue weighted by atomic mass is 35.5. The minimum atomic E-state index is -1.31. The first-order chi connectivity index (χ1) is 15.6. The molecule has 0 aromatic heterocycles. The summed E-state index contributed by atoms with van der Waals surface area (Å²) in [5, 5.41) is 4.39. The maximum absolute atomic E-state index is 13.0. The van der Waals surface area contributed by atoms with E-state index in [0.29, 0.717) is 31.9 Å². The molecule has 1 fully saturated rings. The number of carbonyl (C=O) groups is 2. The van der Waals surface area contributed by atoms with Crippen LogP contribution in [0.2, 0.25) is 20.1 Å². The monoisotopic (exact) mass is 559 g/mol. The first-order valence-electron chi connectivity index (χ1n) is 9.78. The molecule has 4 rings (SSSR count). The van der Waals surface area contributed by atoms with Crippen LogP contribution >= 0.6 is 69.6 Å². The fraction of sp³-hybridized carbons (Fsp3) is 0.167. The molecule has 33 heavy (non-hydrogen) atoms. The Morgan fingerprint density at radius 2 is 1.52 bits per heavy atom. The summed E-state index contributed by atoms with van der Waals surface area (Å²) in [6.07, 6.45) is 0.0729. The standard InChI is InChI=1S/C24H15Cl6NO2/c25-14-7-13(8-15(26)10-14)21-22(24(21,29)30)23(33)31-16-5-6-19(28)17(11-16)20(32)9-12-3-1-2-4-18(12)27/h1-8,10-11,21-22H,9H2,(H,31,33). The van der Waals surface area contributed by atoms with E-state index in [1.165, 1.54) is 6.07 Å². The maximum atomic E-state index is 13.0. The summed E-state index contributed by atoms with van der Waals surface area (Å²) < 4.78 is -1.31. The number of ketones is 1. The van der Waals surface area contributed by atoms with E-state index in [2.05, 4.69) is 5.32 Å². The maximum Gasteiger partial charge on any atom is 0.231 e. The highest BCUT2D eigenvalue weighted by molar-refractivity contribution is 6.53. The first kappa shape index (κ1) is 24.7. The molecule has 3 nitrogen and oxygen atoms in total. The molecule has 0 bridgehead atoms. The van der Waals surface area contributed by atoms with Crippen LogP contribution < -0.4 is 5.32 Å². The van der Waals surface area contributed by atoms with E-state index in [-0.39, 0.29) is 22.8 Å². The van der Waals surface area contributed by atoms with Crippen molar-refractivity contribution in [3.63, 3.8) is 0 Å². The van der Waals surface area contributed by atoms with Gasteiger partial charge in [0.2, 0.25) is 5.91 Å². The van der Waals surface area contributed by atoms with E-state index in [1.54, 1.807) is 54.6 Å². The summed E-state index contributed by atoms with van der Waals surface area (Å²) in [6.45, 7) is 0. The van der Waals surface area contributed by atoms with Crippen molar-refractivity contribution in [1.29, 1.82) is 0 Å². The average Bonchev–Trinajstić information content (AvgIpc) is 3.32. The van der Waals surface area contributed by atoms with Gasteiger partial charge in [-0.05, 0) is 53.6 Å². The molecular formula is C24H15Cl6NO2. The van der Waals surface area contributed by atoms with Crippen LogP contribution in [0.5, 0.6) is 0 Å². The second kappa shape index (κ2) is 9.65. The van der Waals surface area contributed by atoms with Crippen LogP contribution in [-0.4, -0.2) is 16.0 Å². The number of alkyl halides is 2. The highest BCUT2D eigenvalue weighted by Gasteiger charge is 2.67. The first-order valence-corrected chi connectivity index (χ1v) is 12.1. The molecule has 1 amide bonds. The van der Waals surface area contributed by atoms with E-state index < -0.39 is 22.1 Å². The van der Waals surface area contributed by atoms with Crippen molar-refractivity contribution in [2.24, 2.45) is 5.92 Å². The molecule has 3 aromatic carbocycles. The molecule has 0 spiro atoms. The smallest absolute Gasteiger partial charge is 0.231 e. The van der Waals surface area contributed by atoms with Gasteiger partial charge in [0.15, 0.2) is 5.78 Å². The number of rotatable bonds is 6. The Balaban J connectivity index is 1.52. The third kappa shape index (κ3) is 5.30. The third-order valence-electron chi connectivity index (χ3n) is 5.42. The van der Waals surface area contributed by atoms with Crippen molar-refractivity contribution >= 4 is 87.0 Å². The van der Waals surface area contributed by atoms with Crippen molar-refractivity contribution in [3.8, 4) is 0 Å². The Kier molecular flexibility index (Phi) is 7.21. The number of Topliss-reactive ketones (excluding diaryl/α,β-unsaturated/α-hetero) is 1. The van der Waals surface area contributed by atoms with Gasteiger partial charge in [0.25, 0.3) is 0 Å². The van der Waals surface area contributed by atoms with Gasteiger partial charge in [0.1, 0.15) is 4.33 Å². The Labute approximate surface area is 220 Å². The predicted octanol–water partition coefficient (Wildman–Crippen LogP) is 8.25. The van der Waals surface area contributed by atoms with Crippen molar-refractivity contribution in [2.45, 2.75) is 16.7 Å². The largest absolute Gasteiger partial charge is 0.326 e. The number of halogens is 6. The Hall–Kier alpha value is -1.46. The molecule has 1 N–H and O–H groups in total. The van der Waals surface area contributed by atoms with Gasteiger partial charge in [-0.3, -0.25) is 9.59 Å². The Bertz CT molecular complexity index is 1240. The van der Waals surface area contributed by atoms with Crippen LogP contribution in [0, 0.1) is 5.92 Å². The molecule has 1 aliphatic carbocycles. The SMILES string of the molecule is O=C(Cc1ccccc1Cl)c1cc(NC(=O)C2C(c3cc(Cl)cc(Cl)c3)C2(Cl)Cl)ccc1Cl. The van der Waals surface area contributed by atoms with E-state index in [4.69, 9.17) is 69.6 Å². The van der Waals surface area contributed by atoms with Crippen LogP contribution in [0.25, 0.3) is 0 Å². The van der Waals surface area contributed by atoms with Crippen molar-refractivity contribution in [1.82, 2.24) is 0 Å². The van der Waals surface area contributed by atoms with E-state index >= 15 is 0 Å². The summed E-state index contributed by atoms with van der Waals surface area (Å²) in [4.78, 5) is 25.8. The fourth-order valence-corrected chi connectivity index (χ4v) is 5.57. The number of hydrogen-bond acceptors (Lipinski definition) is 2. The average molecular weight is 562 g/mol. The molecule has 0 saturated heterocycles. The van der Waals surface area contributed by atoms with E-state index in [9.17, 15) is 9.59 Å². The van der Waals surface area contributed by atoms with E-state index in [0.717, 1.165) is 0 Å². The third-order valence-corrected chi connectivity index (χ3v) is 7.50. The fourth-order valence-electron chi connectivity index (χ4n) is 3.77. The second-order valence-electron chi connectivity index (χ2n) is 7.71. The van der Waals surface area contributed by atoms with Gasteiger partial charge >= 0.3 is 0 Å². The van der Waals surface area contributed by atoms with Crippen LogP contribution in [0.15, 0.2) is 60.7 Å². The Morgan fingerprint density at radius 3 is 2.18 bits per heavy atom. The predicted molar refractivity (Wildman–Crippen MR) is 137 cm³/mol. The number of hydrogen-bond donors (Lipinski definition) is 1. The molecule has 0 aliphatic heterocycles.